The van der Waals surface area contributed by atoms with Gasteiger partial charge in [0.25, 0.3) is 0 Å². The van der Waals surface area contributed by atoms with Crippen LogP contribution in [0, 0.1) is 0 Å². The highest BCUT2D eigenvalue weighted by Gasteiger charge is 2.29. The van der Waals surface area contributed by atoms with Gasteiger partial charge in [-0.05, 0) is 57.5 Å². The lowest BCUT2D eigenvalue weighted by atomic mass is 9.93. The zero-order valence-corrected chi connectivity index (χ0v) is 16.6. The van der Waals surface area contributed by atoms with Crippen molar-refractivity contribution < 1.29 is 9.90 Å². The van der Waals surface area contributed by atoms with E-state index in [0.717, 1.165) is 22.4 Å². The number of carboxylic acid groups (broad SMARTS) is 1. The third-order valence-electron chi connectivity index (χ3n) is 4.35. The highest BCUT2D eigenvalue weighted by atomic mass is 35.5. The second-order valence-electron chi connectivity index (χ2n) is 7.60. The molecule has 0 radical (unpaired) electrons. The molecule has 0 aromatic heterocycles. The molecule has 0 bridgehead atoms. The Bertz CT molecular complexity index is 941. The molecule has 6 heteroatoms. The number of nitrogens with zero attached hydrogens (tertiary/aromatic N) is 3. The van der Waals surface area contributed by atoms with Crippen LogP contribution in [0.1, 0.15) is 44.4 Å². The summed E-state index contributed by atoms with van der Waals surface area (Å²) in [7, 11) is 0. The van der Waals surface area contributed by atoms with Crippen LogP contribution in [-0.2, 0) is 6.42 Å². The third kappa shape index (κ3) is 4.03. The van der Waals surface area contributed by atoms with Crippen molar-refractivity contribution in [3.8, 4) is 0 Å². The van der Waals surface area contributed by atoms with E-state index in [0.29, 0.717) is 22.8 Å². The Hall–Kier alpha value is -2.66. The number of benzene rings is 2. The van der Waals surface area contributed by atoms with Crippen LogP contribution in [0.2, 0.25) is 5.02 Å². The van der Waals surface area contributed by atoms with Gasteiger partial charge in [-0.15, -0.1) is 5.10 Å². The van der Waals surface area contributed by atoms with Crippen LogP contribution >= 0.6 is 11.6 Å². The van der Waals surface area contributed by atoms with E-state index in [1.54, 1.807) is 0 Å². The number of rotatable bonds is 2. The zero-order chi connectivity index (χ0) is 19.8. The molecule has 0 saturated heterocycles. The Morgan fingerprint density at radius 1 is 1.11 bits per heavy atom. The van der Waals surface area contributed by atoms with E-state index in [1.165, 1.54) is 4.90 Å². The summed E-state index contributed by atoms with van der Waals surface area (Å²) < 4.78 is 0. The molecule has 3 rings (SSSR count). The van der Waals surface area contributed by atoms with Crippen LogP contribution in [0.4, 0.5) is 10.5 Å². The van der Waals surface area contributed by atoms with Crippen LogP contribution in [0.15, 0.2) is 52.7 Å². The quantitative estimate of drug-likeness (QED) is 0.755. The molecule has 0 atom stereocenters. The number of amides is 1. The number of halogens is 1. The van der Waals surface area contributed by atoms with Gasteiger partial charge in [0, 0.05) is 39.5 Å². The first kappa shape index (κ1) is 19.1. The maximum atomic E-state index is 11.9. The lowest BCUT2D eigenvalue weighted by molar-refractivity contribution is 0.195. The summed E-state index contributed by atoms with van der Waals surface area (Å²) in [5.41, 5.74) is 4.47. The van der Waals surface area contributed by atoms with Gasteiger partial charge in [-0.25, -0.2) is 4.79 Å². The van der Waals surface area contributed by atoms with Crippen molar-refractivity contribution in [2.75, 3.05) is 4.90 Å². The first-order valence-electron chi connectivity index (χ1n) is 8.70. The van der Waals surface area contributed by atoms with Gasteiger partial charge in [0.1, 0.15) is 5.71 Å². The summed E-state index contributed by atoms with van der Waals surface area (Å²) in [4.78, 5) is 13.2. The van der Waals surface area contributed by atoms with Crippen LogP contribution in [0.25, 0.3) is 0 Å². The molecule has 1 aliphatic heterocycles. The van der Waals surface area contributed by atoms with Crippen molar-refractivity contribution in [3.05, 3.63) is 64.2 Å². The molecule has 0 fully saturated rings. The molecule has 0 aliphatic carbocycles. The summed E-state index contributed by atoms with van der Waals surface area (Å²) in [6.45, 7) is 7.54. The minimum absolute atomic E-state index is 0.575. The van der Waals surface area contributed by atoms with E-state index >= 15 is 0 Å². The maximum absolute atomic E-state index is 11.9. The number of hydrogen-bond acceptors (Lipinski definition) is 3. The topological polar surface area (TPSA) is 65.3 Å². The summed E-state index contributed by atoms with van der Waals surface area (Å²) in [6.07, 6.45) is -0.327. The van der Waals surface area contributed by atoms with E-state index < -0.39 is 11.6 Å². The van der Waals surface area contributed by atoms with Crippen LogP contribution in [0.3, 0.4) is 0 Å². The Morgan fingerprint density at radius 3 is 2.37 bits per heavy atom. The molecule has 1 aliphatic rings. The van der Waals surface area contributed by atoms with Gasteiger partial charge in [0.05, 0.1) is 0 Å². The third-order valence-corrected chi connectivity index (χ3v) is 4.61. The fourth-order valence-electron chi connectivity index (χ4n) is 3.18. The van der Waals surface area contributed by atoms with Crippen molar-refractivity contribution in [1.82, 2.24) is 0 Å². The molecule has 5 nitrogen and oxygen atoms in total. The molecule has 1 N–H and O–H groups in total. The van der Waals surface area contributed by atoms with E-state index in [-0.39, 0.29) is 0 Å². The molecule has 0 spiro atoms. The van der Waals surface area contributed by atoms with E-state index in [4.69, 9.17) is 11.6 Å². The van der Waals surface area contributed by atoms with Crippen molar-refractivity contribution in [1.29, 1.82) is 0 Å². The van der Waals surface area contributed by atoms with Gasteiger partial charge in [-0.2, -0.15) is 5.10 Å². The van der Waals surface area contributed by atoms with Crippen molar-refractivity contribution in [3.63, 3.8) is 0 Å². The standard InChI is InChI=1S/C21H22ClN3O2/c1-13-11-15-7-10-17(25(20(26)27)21(2,3)4)12-18(15)19(24-23-13)14-5-8-16(22)9-6-14/h5-10,12H,11H2,1-4H3,(H,26,27). The smallest absolute Gasteiger partial charge is 0.412 e. The zero-order valence-electron chi connectivity index (χ0n) is 15.8. The predicted molar refractivity (Wildman–Crippen MR) is 111 cm³/mol. The Morgan fingerprint density at radius 2 is 1.78 bits per heavy atom. The molecular formula is C21H22ClN3O2. The number of hydrogen-bond donors (Lipinski definition) is 1. The van der Waals surface area contributed by atoms with Gasteiger partial charge in [0.15, 0.2) is 0 Å². The monoisotopic (exact) mass is 383 g/mol. The lowest BCUT2D eigenvalue weighted by Crippen LogP contribution is -2.45. The van der Waals surface area contributed by atoms with E-state index in [9.17, 15) is 9.90 Å². The average Bonchev–Trinajstić information content (AvgIpc) is 2.72. The van der Waals surface area contributed by atoms with Crippen molar-refractivity contribution in [2.45, 2.75) is 39.7 Å². The summed E-state index contributed by atoms with van der Waals surface area (Å²) in [5, 5.41) is 19.1. The SMILES string of the molecule is CC1=NN=C(c2ccc(Cl)cc2)c2cc(N(C(=O)O)C(C)(C)C)ccc2C1. The fraction of sp³-hybridized carbons (Fsp3) is 0.286. The molecular weight excluding hydrogens is 362 g/mol. The Kier molecular flexibility index (Phi) is 5.07. The van der Waals surface area contributed by atoms with Gasteiger partial charge >= 0.3 is 6.09 Å². The van der Waals surface area contributed by atoms with Gasteiger partial charge in [0.2, 0.25) is 0 Å². The predicted octanol–water partition coefficient (Wildman–Crippen LogP) is 5.39. The number of carbonyl (C=O) groups is 1. The number of fused-ring (bicyclic) bond motifs is 1. The summed E-state index contributed by atoms with van der Waals surface area (Å²) in [6, 6.07) is 13.1. The molecule has 27 heavy (non-hydrogen) atoms. The van der Waals surface area contributed by atoms with Gasteiger partial charge in [-0.1, -0.05) is 29.8 Å². The summed E-state index contributed by atoms with van der Waals surface area (Å²) >= 11 is 6.02. The van der Waals surface area contributed by atoms with Crippen molar-refractivity contribution in [2.24, 2.45) is 10.2 Å². The highest BCUT2D eigenvalue weighted by Crippen LogP contribution is 2.29. The molecule has 1 amide bonds. The summed E-state index contributed by atoms with van der Waals surface area (Å²) in [5.74, 6) is 0. The Balaban J connectivity index is 2.18. The second-order valence-corrected chi connectivity index (χ2v) is 8.03. The first-order valence-corrected chi connectivity index (χ1v) is 9.08. The van der Waals surface area contributed by atoms with E-state index in [2.05, 4.69) is 10.2 Å². The van der Waals surface area contributed by atoms with E-state index in [1.807, 2.05) is 70.2 Å². The average molecular weight is 384 g/mol. The minimum atomic E-state index is -0.992. The Labute approximate surface area is 164 Å². The van der Waals surface area contributed by atoms with Gasteiger partial charge < -0.3 is 5.11 Å². The van der Waals surface area contributed by atoms with Crippen LogP contribution < -0.4 is 4.90 Å². The van der Waals surface area contributed by atoms with Crippen LogP contribution in [-0.4, -0.2) is 28.2 Å². The second kappa shape index (κ2) is 7.16. The van der Waals surface area contributed by atoms with Crippen molar-refractivity contribution >= 4 is 34.8 Å². The molecule has 2 aromatic rings. The number of anilines is 1. The molecule has 2 aromatic carbocycles. The fourth-order valence-corrected chi connectivity index (χ4v) is 3.31. The molecule has 1 heterocycles. The first-order chi connectivity index (χ1) is 12.7. The highest BCUT2D eigenvalue weighted by molar-refractivity contribution is 6.30. The van der Waals surface area contributed by atoms with Crippen LogP contribution in [0.5, 0.6) is 0 Å². The normalized spacial score (nSPS) is 14.0. The molecule has 140 valence electrons. The minimum Gasteiger partial charge on any atom is -0.465 e. The molecule has 0 unspecified atom stereocenters. The largest absolute Gasteiger partial charge is 0.465 e. The lowest BCUT2D eigenvalue weighted by Gasteiger charge is -2.33. The maximum Gasteiger partial charge on any atom is 0.412 e. The molecule has 0 saturated carbocycles. The van der Waals surface area contributed by atoms with Gasteiger partial charge in [-0.3, -0.25) is 4.90 Å².